The normalized spacial score (nSPS) is 8.38. The lowest BCUT2D eigenvalue weighted by molar-refractivity contribution is 0.281. The van der Waals surface area contributed by atoms with Gasteiger partial charge in [-0.1, -0.05) is 12.0 Å². The van der Waals surface area contributed by atoms with Crippen LogP contribution in [0.3, 0.4) is 0 Å². The van der Waals surface area contributed by atoms with Gasteiger partial charge in [-0.2, -0.15) is 5.26 Å². The van der Waals surface area contributed by atoms with Crippen molar-refractivity contribution in [2.24, 2.45) is 0 Å². The number of nitriles is 1. The molecule has 2 heteroatoms. The second-order valence-corrected chi connectivity index (χ2v) is 2.66. The van der Waals surface area contributed by atoms with Crippen molar-refractivity contribution in [3.05, 3.63) is 34.9 Å². The van der Waals surface area contributed by atoms with Gasteiger partial charge in [-0.15, -0.1) is 0 Å². The van der Waals surface area contributed by atoms with Crippen molar-refractivity contribution in [1.82, 2.24) is 0 Å². The Morgan fingerprint density at radius 1 is 1.46 bits per heavy atom. The van der Waals surface area contributed by atoms with E-state index in [0.29, 0.717) is 0 Å². The topological polar surface area (TPSA) is 44.0 Å². The first-order chi connectivity index (χ1) is 6.27. The summed E-state index contributed by atoms with van der Waals surface area (Å²) in [5.41, 5.74) is 2.69. The van der Waals surface area contributed by atoms with E-state index >= 15 is 0 Å². The third-order valence-electron chi connectivity index (χ3n) is 1.78. The van der Waals surface area contributed by atoms with E-state index in [1.54, 1.807) is 12.1 Å². The number of rotatable bonds is 1. The van der Waals surface area contributed by atoms with E-state index in [9.17, 15) is 0 Å². The van der Waals surface area contributed by atoms with E-state index in [1.807, 2.05) is 19.1 Å². The van der Waals surface area contributed by atoms with Crippen LogP contribution in [0.25, 0.3) is 0 Å². The first-order valence-corrected chi connectivity index (χ1v) is 3.88. The minimum absolute atomic E-state index is 0.0395. The van der Waals surface area contributed by atoms with Gasteiger partial charge < -0.3 is 5.11 Å². The summed E-state index contributed by atoms with van der Waals surface area (Å²) in [5.74, 6) is 5.02. The van der Waals surface area contributed by atoms with E-state index in [2.05, 4.69) is 11.8 Å². The molecule has 0 fully saturated rings. The summed E-state index contributed by atoms with van der Waals surface area (Å²) < 4.78 is 0. The lowest BCUT2D eigenvalue weighted by Crippen LogP contribution is -1.88. The number of hydrogen-bond acceptors (Lipinski definition) is 2. The summed E-state index contributed by atoms with van der Waals surface area (Å²) in [6.07, 6.45) is 0. The highest BCUT2D eigenvalue weighted by Crippen LogP contribution is 2.09. The molecule has 64 valence electrons. The van der Waals surface area contributed by atoms with Crippen LogP contribution in [0.1, 0.15) is 16.7 Å². The molecule has 1 aromatic rings. The third kappa shape index (κ3) is 2.33. The summed E-state index contributed by atoms with van der Waals surface area (Å²) in [7, 11) is 0. The predicted octanol–water partition coefficient (Wildman–Crippen LogP) is 1.36. The fourth-order valence-corrected chi connectivity index (χ4v) is 1.05. The van der Waals surface area contributed by atoms with Crippen LogP contribution >= 0.6 is 0 Å². The van der Waals surface area contributed by atoms with Gasteiger partial charge in [-0.3, -0.25) is 0 Å². The van der Waals surface area contributed by atoms with E-state index in [0.717, 1.165) is 16.7 Å². The molecular weight excluding hydrogens is 162 g/mol. The van der Waals surface area contributed by atoms with Gasteiger partial charge >= 0.3 is 0 Å². The summed E-state index contributed by atoms with van der Waals surface area (Å²) in [6.45, 7) is 1.95. The van der Waals surface area contributed by atoms with Crippen LogP contribution in [-0.4, -0.2) is 5.11 Å². The molecule has 0 amide bonds. The van der Waals surface area contributed by atoms with Crippen molar-refractivity contribution in [1.29, 1.82) is 5.26 Å². The largest absolute Gasteiger partial charge is 0.392 e. The van der Waals surface area contributed by atoms with Crippen LogP contribution in [0.2, 0.25) is 0 Å². The Morgan fingerprint density at radius 3 is 2.77 bits per heavy atom. The van der Waals surface area contributed by atoms with Gasteiger partial charge in [0.05, 0.1) is 6.61 Å². The lowest BCUT2D eigenvalue weighted by Gasteiger charge is -2.01. The number of aliphatic hydroxyl groups is 1. The summed E-state index contributed by atoms with van der Waals surface area (Å²) in [5, 5.41) is 17.1. The van der Waals surface area contributed by atoms with Gasteiger partial charge in [0.25, 0.3) is 0 Å². The Kier molecular flexibility index (Phi) is 3.09. The van der Waals surface area contributed by atoms with Gasteiger partial charge in [0.1, 0.15) is 0 Å². The Hall–Kier alpha value is -1.77. The molecule has 0 aliphatic carbocycles. The van der Waals surface area contributed by atoms with Crippen LogP contribution in [0.4, 0.5) is 0 Å². The number of aliphatic hydroxyl groups excluding tert-OH is 1. The maximum Gasteiger partial charge on any atom is 0.152 e. The van der Waals surface area contributed by atoms with Crippen molar-refractivity contribution < 1.29 is 5.11 Å². The van der Waals surface area contributed by atoms with E-state index in [1.165, 1.54) is 0 Å². The van der Waals surface area contributed by atoms with Crippen LogP contribution < -0.4 is 0 Å². The molecule has 1 aromatic carbocycles. The summed E-state index contributed by atoms with van der Waals surface area (Å²) in [6, 6.07) is 7.22. The molecule has 1 N–H and O–H groups in total. The van der Waals surface area contributed by atoms with E-state index in [-0.39, 0.29) is 6.61 Å². The number of hydrogen-bond donors (Lipinski definition) is 1. The van der Waals surface area contributed by atoms with Crippen molar-refractivity contribution in [2.45, 2.75) is 13.5 Å². The molecule has 0 spiro atoms. The first-order valence-electron chi connectivity index (χ1n) is 3.88. The Balaban J connectivity index is 3.04. The Morgan fingerprint density at radius 2 is 2.23 bits per heavy atom. The van der Waals surface area contributed by atoms with Gasteiger partial charge in [-0.05, 0) is 30.2 Å². The van der Waals surface area contributed by atoms with Crippen LogP contribution in [0, 0.1) is 30.1 Å². The zero-order valence-electron chi connectivity index (χ0n) is 7.33. The van der Waals surface area contributed by atoms with E-state index < -0.39 is 0 Å². The van der Waals surface area contributed by atoms with Gasteiger partial charge in [0.2, 0.25) is 0 Å². The van der Waals surface area contributed by atoms with Crippen molar-refractivity contribution in [3.8, 4) is 17.9 Å². The lowest BCUT2D eigenvalue weighted by atomic mass is 10.1. The smallest absolute Gasteiger partial charge is 0.152 e. The first kappa shape index (κ1) is 9.32. The molecule has 0 saturated heterocycles. The molecule has 2 nitrogen and oxygen atoms in total. The molecule has 0 heterocycles. The molecular formula is C11H9NO. The van der Waals surface area contributed by atoms with Crippen LogP contribution in [-0.2, 0) is 6.61 Å². The molecule has 0 aliphatic heterocycles. The molecule has 0 aromatic heterocycles. The second-order valence-electron chi connectivity index (χ2n) is 2.66. The number of nitrogens with zero attached hydrogens (tertiary/aromatic N) is 1. The zero-order chi connectivity index (χ0) is 9.68. The second kappa shape index (κ2) is 4.30. The van der Waals surface area contributed by atoms with Crippen molar-refractivity contribution in [2.75, 3.05) is 0 Å². The third-order valence-corrected chi connectivity index (χ3v) is 1.78. The van der Waals surface area contributed by atoms with Crippen molar-refractivity contribution in [3.63, 3.8) is 0 Å². The monoisotopic (exact) mass is 171 g/mol. The van der Waals surface area contributed by atoms with Gasteiger partial charge in [0, 0.05) is 11.5 Å². The minimum Gasteiger partial charge on any atom is -0.392 e. The quantitative estimate of drug-likeness (QED) is 0.648. The molecule has 0 saturated carbocycles. The fourth-order valence-electron chi connectivity index (χ4n) is 1.05. The molecule has 0 aliphatic rings. The minimum atomic E-state index is 0.0395. The highest BCUT2D eigenvalue weighted by molar-refractivity contribution is 5.42. The molecule has 0 atom stereocenters. The van der Waals surface area contributed by atoms with E-state index in [4.69, 9.17) is 10.4 Å². The van der Waals surface area contributed by atoms with Crippen LogP contribution in [0.15, 0.2) is 18.2 Å². The highest BCUT2D eigenvalue weighted by Gasteiger charge is 1.96. The van der Waals surface area contributed by atoms with Gasteiger partial charge in [-0.25, -0.2) is 0 Å². The van der Waals surface area contributed by atoms with Crippen molar-refractivity contribution >= 4 is 0 Å². The molecule has 0 bridgehead atoms. The SMILES string of the molecule is Cc1cc(C#CC#N)ccc1CO. The summed E-state index contributed by atoms with van der Waals surface area (Å²) in [4.78, 5) is 0. The molecule has 0 unspecified atom stereocenters. The average molecular weight is 171 g/mol. The number of aryl methyl sites for hydroxylation is 1. The average Bonchev–Trinajstić information content (AvgIpc) is 2.15. The fraction of sp³-hybridized carbons (Fsp3) is 0.182. The zero-order valence-corrected chi connectivity index (χ0v) is 7.33. The number of benzene rings is 1. The maximum absolute atomic E-state index is 8.90. The Bertz CT molecular complexity index is 404. The maximum atomic E-state index is 8.90. The standard InChI is InChI=1S/C11H9NO/c1-9-7-10(3-2-6-12)4-5-11(9)8-13/h4-5,7,13H,8H2,1H3. The molecule has 0 radical (unpaired) electrons. The summed E-state index contributed by atoms with van der Waals surface area (Å²) >= 11 is 0. The van der Waals surface area contributed by atoms with Gasteiger partial charge in [0.15, 0.2) is 6.07 Å². The van der Waals surface area contributed by atoms with Crippen LogP contribution in [0.5, 0.6) is 0 Å². The molecule has 13 heavy (non-hydrogen) atoms. The Labute approximate surface area is 77.4 Å². The molecule has 1 rings (SSSR count). The highest BCUT2D eigenvalue weighted by atomic mass is 16.3. The predicted molar refractivity (Wildman–Crippen MR) is 49.6 cm³/mol.